The Morgan fingerprint density at radius 2 is 1.86 bits per heavy atom. The molecule has 0 radical (unpaired) electrons. The number of azo groups is 1. The minimum absolute atomic E-state index is 0.0890. The maximum absolute atomic E-state index is 11.4. The molecule has 0 aliphatic carbocycles. The zero-order chi connectivity index (χ0) is 10.8. The Bertz CT molecular complexity index is 275. The molecule has 1 aliphatic rings. The van der Waals surface area contributed by atoms with E-state index in [-0.39, 0.29) is 6.54 Å². The van der Waals surface area contributed by atoms with Crippen LogP contribution in [-0.4, -0.2) is 43.6 Å². The number of alkyl halides is 1. The Morgan fingerprint density at radius 3 is 2.14 bits per heavy atom. The summed E-state index contributed by atoms with van der Waals surface area (Å²) in [6.07, 6.45) is 0. The van der Waals surface area contributed by atoms with Crippen molar-refractivity contribution in [2.75, 3.05) is 20.8 Å². The molecular formula is C7H9ClN2O4. The molecule has 0 amide bonds. The summed E-state index contributed by atoms with van der Waals surface area (Å²) in [5.74, 6) is -1.71. The highest BCUT2D eigenvalue weighted by Crippen LogP contribution is 2.30. The third-order valence-electron chi connectivity index (χ3n) is 1.92. The topological polar surface area (TPSA) is 77.3 Å². The molecule has 7 heteroatoms. The lowest BCUT2D eigenvalue weighted by atomic mass is 9.97. The first-order chi connectivity index (χ1) is 6.59. The molecule has 0 aromatic carbocycles. The van der Waals surface area contributed by atoms with Crippen LogP contribution in [0.4, 0.5) is 0 Å². The van der Waals surface area contributed by atoms with Crippen molar-refractivity contribution in [3.63, 3.8) is 0 Å². The van der Waals surface area contributed by atoms with Crippen LogP contribution in [0.25, 0.3) is 0 Å². The molecule has 0 aromatic heterocycles. The summed E-state index contributed by atoms with van der Waals surface area (Å²) < 4.78 is 8.91. The van der Waals surface area contributed by atoms with Gasteiger partial charge in [0.25, 0.3) is 5.54 Å². The van der Waals surface area contributed by atoms with E-state index in [1.54, 1.807) is 0 Å². The van der Waals surface area contributed by atoms with Crippen LogP contribution in [0.2, 0.25) is 0 Å². The second kappa shape index (κ2) is 3.91. The largest absolute Gasteiger partial charge is 0.467 e. The highest BCUT2D eigenvalue weighted by atomic mass is 35.5. The van der Waals surface area contributed by atoms with E-state index in [2.05, 4.69) is 19.7 Å². The van der Waals surface area contributed by atoms with Gasteiger partial charge < -0.3 is 9.47 Å². The van der Waals surface area contributed by atoms with Gasteiger partial charge in [-0.15, -0.1) is 11.6 Å². The van der Waals surface area contributed by atoms with E-state index in [1.807, 2.05) is 0 Å². The molecule has 6 nitrogen and oxygen atoms in total. The van der Waals surface area contributed by atoms with Gasteiger partial charge in [0.15, 0.2) is 0 Å². The van der Waals surface area contributed by atoms with Crippen LogP contribution in [0.1, 0.15) is 0 Å². The number of carbonyl (C=O) groups excluding carboxylic acids is 2. The molecule has 0 N–H and O–H groups in total. The Kier molecular flexibility index (Phi) is 3.05. The smallest absolute Gasteiger partial charge is 0.349 e. The highest BCUT2D eigenvalue weighted by molar-refractivity contribution is 6.27. The van der Waals surface area contributed by atoms with Gasteiger partial charge in [0, 0.05) is 0 Å². The van der Waals surface area contributed by atoms with Gasteiger partial charge in [-0.3, -0.25) is 0 Å². The summed E-state index contributed by atoms with van der Waals surface area (Å²) in [5, 5.41) is 6.22. The van der Waals surface area contributed by atoms with Crippen LogP contribution >= 0.6 is 11.6 Å². The lowest BCUT2D eigenvalue weighted by Gasteiger charge is -2.21. The Labute approximate surface area is 85.2 Å². The van der Waals surface area contributed by atoms with Crippen molar-refractivity contribution >= 4 is 23.5 Å². The van der Waals surface area contributed by atoms with Crippen molar-refractivity contribution in [2.45, 2.75) is 10.9 Å². The van der Waals surface area contributed by atoms with Crippen LogP contribution in [-0.2, 0) is 19.1 Å². The average molecular weight is 221 g/mol. The Balaban J connectivity index is 3.08. The SMILES string of the molecule is COC(=O)C1(C(=O)OC)N=NCC1Cl. The average Bonchev–Trinajstić information content (AvgIpc) is 2.59. The third-order valence-corrected chi connectivity index (χ3v) is 2.37. The maximum atomic E-state index is 11.4. The molecule has 0 saturated heterocycles. The molecule has 0 aromatic rings. The molecular weight excluding hydrogens is 212 g/mol. The predicted molar refractivity (Wildman–Crippen MR) is 46.1 cm³/mol. The van der Waals surface area contributed by atoms with Gasteiger partial charge in [-0.05, 0) is 0 Å². The first kappa shape index (κ1) is 10.9. The van der Waals surface area contributed by atoms with Crippen molar-refractivity contribution < 1.29 is 19.1 Å². The maximum Gasteiger partial charge on any atom is 0.349 e. The minimum Gasteiger partial charge on any atom is -0.467 e. The number of halogens is 1. The van der Waals surface area contributed by atoms with E-state index in [0.717, 1.165) is 14.2 Å². The number of esters is 2. The van der Waals surface area contributed by atoms with Crippen LogP contribution < -0.4 is 0 Å². The molecule has 1 heterocycles. The summed E-state index contributed by atoms with van der Waals surface area (Å²) in [6.45, 7) is 0.0890. The van der Waals surface area contributed by atoms with E-state index >= 15 is 0 Å². The molecule has 1 rings (SSSR count). The number of rotatable bonds is 2. The molecule has 0 bridgehead atoms. The molecule has 0 spiro atoms. The Morgan fingerprint density at radius 1 is 1.36 bits per heavy atom. The summed E-state index contributed by atoms with van der Waals surface area (Å²) in [5.41, 5.74) is -1.83. The highest BCUT2D eigenvalue weighted by Gasteiger charge is 2.58. The van der Waals surface area contributed by atoms with Crippen LogP contribution in [0.5, 0.6) is 0 Å². The van der Waals surface area contributed by atoms with E-state index in [1.165, 1.54) is 0 Å². The molecule has 0 saturated carbocycles. The second-order valence-corrected chi connectivity index (χ2v) is 3.17. The number of nitrogens with zero attached hydrogens (tertiary/aromatic N) is 2. The van der Waals surface area contributed by atoms with E-state index in [0.29, 0.717) is 0 Å². The third kappa shape index (κ3) is 1.35. The van der Waals surface area contributed by atoms with Gasteiger partial charge in [0.1, 0.15) is 5.38 Å². The van der Waals surface area contributed by atoms with Gasteiger partial charge in [0.2, 0.25) is 0 Å². The lowest BCUT2D eigenvalue weighted by Crippen LogP contribution is -2.52. The van der Waals surface area contributed by atoms with Crippen molar-refractivity contribution in [3.05, 3.63) is 0 Å². The molecule has 14 heavy (non-hydrogen) atoms. The van der Waals surface area contributed by atoms with Crippen LogP contribution in [0, 0.1) is 0 Å². The molecule has 1 aliphatic heterocycles. The monoisotopic (exact) mass is 220 g/mol. The normalized spacial score (nSPS) is 23.2. The fraction of sp³-hybridized carbons (Fsp3) is 0.714. The van der Waals surface area contributed by atoms with Crippen molar-refractivity contribution in [1.82, 2.24) is 0 Å². The lowest BCUT2D eigenvalue weighted by molar-refractivity contribution is -0.160. The van der Waals surface area contributed by atoms with Crippen molar-refractivity contribution in [1.29, 1.82) is 0 Å². The molecule has 0 fully saturated rings. The number of hydrogen-bond acceptors (Lipinski definition) is 6. The number of ether oxygens (including phenoxy) is 2. The summed E-state index contributed by atoms with van der Waals surface area (Å²) in [4.78, 5) is 22.8. The number of hydrogen-bond donors (Lipinski definition) is 0. The van der Waals surface area contributed by atoms with E-state index in [4.69, 9.17) is 11.6 Å². The minimum atomic E-state index is -1.83. The first-order valence-electron chi connectivity index (χ1n) is 3.79. The van der Waals surface area contributed by atoms with Gasteiger partial charge in [0.05, 0.1) is 20.8 Å². The predicted octanol–water partition coefficient (Wildman–Crippen LogP) is 0.144. The fourth-order valence-corrected chi connectivity index (χ4v) is 1.43. The van der Waals surface area contributed by atoms with E-state index < -0.39 is 22.9 Å². The molecule has 78 valence electrons. The summed E-state index contributed by atoms with van der Waals surface area (Å²) >= 11 is 5.79. The van der Waals surface area contributed by atoms with Crippen molar-refractivity contribution in [2.24, 2.45) is 10.2 Å². The van der Waals surface area contributed by atoms with Crippen LogP contribution in [0.15, 0.2) is 10.2 Å². The van der Waals surface area contributed by atoms with Gasteiger partial charge in [-0.2, -0.15) is 10.2 Å². The van der Waals surface area contributed by atoms with E-state index in [9.17, 15) is 9.59 Å². The zero-order valence-electron chi connectivity index (χ0n) is 7.69. The summed E-state index contributed by atoms with van der Waals surface area (Å²) in [7, 11) is 2.29. The molecule has 1 atom stereocenters. The second-order valence-electron chi connectivity index (χ2n) is 2.64. The first-order valence-corrected chi connectivity index (χ1v) is 4.22. The number of carbonyl (C=O) groups is 2. The number of methoxy groups -OCH3 is 2. The summed E-state index contributed by atoms with van der Waals surface area (Å²) in [6, 6.07) is 0. The van der Waals surface area contributed by atoms with Crippen molar-refractivity contribution in [3.8, 4) is 0 Å². The van der Waals surface area contributed by atoms with Gasteiger partial charge in [-0.1, -0.05) is 0 Å². The zero-order valence-corrected chi connectivity index (χ0v) is 8.45. The van der Waals surface area contributed by atoms with Gasteiger partial charge in [-0.25, -0.2) is 9.59 Å². The fourth-order valence-electron chi connectivity index (χ4n) is 1.15. The van der Waals surface area contributed by atoms with Crippen LogP contribution in [0.3, 0.4) is 0 Å². The quantitative estimate of drug-likeness (QED) is 0.377. The molecule has 1 unspecified atom stereocenters. The standard InChI is InChI=1S/C7H9ClN2O4/c1-13-5(11)7(6(12)14-2)4(8)3-9-10-7/h4H,3H2,1-2H3. The Hall–Kier alpha value is -1.17. The van der Waals surface area contributed by atoms with Gasteiger partial charge >= 0.3 is 11.9 Å².